The fourth-order valence-corrected chi connectivity index (χ4v) is 2.85. The highest BCUT2D eigenvalue weighted by molar-refractivity contribution is 9.10. The highest BCUT2D eigenvalue weighted by Gasteiger charge is 2.28. The molecule has 1 N–H and O–H groups in total. The molecule has 1 fully saturated rings. The van der Waals surface area contributed by atoms with Crippen molar-refractivity contribution in [2.45, 2.75) is 25.8 Å². The standard InChI is InChI=1S/C14H18BrFN2O/c1-2-8-18(10-6-7-17-9-10)14(19)11-4-3-5-12(16)13(11)15/h3-5,10,17H,2,6-9H2,1H3. The normalized spacial score (nSPS) is 18.6. The second-order valence-electron chi connectivity index (χ2n) is 4.75. The van der Waals surface area contributed by atoms with E-state index < -0.39 is 5.82 Å². The third kappa shape index (κ3) is 3.15. The van der Waals surface area contributed by atoms with Crippen LogP contribution in [0, 0.1) is 5.82 Å². The lowest BCUT2D eigenvalue weighted by atomic mass is 10.1. The van der Waals surface area contributed by atoms with Gasteiger partial charge in [0.25, 0.3) is 5.91 Å². The Morgan fingerprint density at radius 1 is 1.58 bits per heavy atom. The number of rotatable bonds is 4. The van der Waals surface area contributed by atoms with E-state index in [1.807, 2.05) is 11.8 Å². The van der Waals surface area contributed by atoms with Crippen molar-refractivity contribution < 1.29 is 9.18 Å². The Hall–Kier alpha value is -0.940. The molecule has 1 aliphatic rings. The summed E-state index contributed by atoms with van der Waals surface area (Å²) in [6.45, 7) is 4.50. The Bertz CT molecular complexity index is 461. The van der Waals surface area contributed by atoms with E-state index in [-0.39, 0.29) is 16.4 Å². The number of nitrogens with zero attached hydrogens (tertiary/aromatic N) is 1. The maximum absolute atomic E-state index is 13.5. The van der Waals surface area contributed by atoms with Gasteiger partial charge in [0.2, 0.25) is 0 Å². The van der Waals surface area contributed by atoms with Crippen LogP contribution in [0.15, 0.2) is 22.7 Å². The number of amides is 1. The number of hydrogen-bond acceptors (Lipinski definition) is 2. The molecule has 0 aliphatic carbocycles. The fourth-order valence-electron chi connectivity index (χ4n) is 2.42. The van der Waals surface area contributed by atoms with E-state index in [4.69, 9.17) is 0 Å². The molecule has 1 heterocycles. The van der Waals surface area contributed by atoms with Gasteiger partial charge in [-0.3, -0.25) is 4.79 Å². The Kier molecular flexibility index (Phi) is 4.93. The van der Waals surface area contributed by atoms with Crippen LogP contribution in [0.3, 0.4) is 0 Å². The molecule has 1 unspecified atom stereocenters. The van der Waals surface area contributed by atoms with Crippen LogP contribution in [0.2, 0.25) is 0 Å². The van der Waals surface area contributed by atoms with Crippen LogP contribution >= 0.6 is 15.9 Å². The summed E-state index contributed by atoms with van der Waals surface area (Å²) in [4.78, 5) is 14.5. The van der Waals surface area contributed by atoms with E-state index in [0.717, 1.165) is 25.9 Å². The van der Waals surface area contributed by atoms with E-state index in [0.29, 0.717) is 12.1 Å². The second kappa shape index (κ2) is 6.48. The number of halogens is 2. The third-order valence-electron chi connectivity index (χ3n) is 3.38. The first-order valence-corrected chi connectivity index (χ1v) is 7.40. The summed E-state index contributed by atoms with van der Waals surface area (Å²) in [5.41, 5.74) is 0.403. The first-order chi connectivity index (χ1) is 9.15. The Morgan fingerprint density at radius 2 is 2.37 bits per heavy atom. The maximum Gasteiger partial charge on any atom is 0.255 e. The second-order valence-corrected chi connectivity index (χ2v) is 5.54. The number of nitrogens with one attached hydrogen (secondary N) is 1. The molecule has 1 aromatic carbocycles. The molecule has 0 aromatic heterocycles. The van der Waals surface area contributed by atoms with Crippen molar-refractivity contribution in [2.75, 3.05) is 19.6 Å². The molecular formula is C14H18BrFN2O. The van der Waals surface area contributed by atoms with Crippen molar-refractivity contribution in [2.24, 2.45) is 0 Å². The molecule has 2 rings (SSSR count). The van der Waals surface area contributed by atoms with Gasteiger partial charge in [0.05, 0.1) is 10.0 Å². The van der Waals surface area contributed by atoms with Crippen molar-refractivity contribution in [3.63, 3.8) is 0 Å². The summed E-state index contributed by atoms with van der Waals surface area (Å²) < 4.78 is 13.8. The zero-order valence-electron chi connectivity index (χ0n) is 11.0. The molecule has 1 amide bonds. The lowest BCUT2D eigenvalue weighted by Crippen LogP contribution is -2.42. The van der Waals surface area contributed by atoms with Gasteiger partial charge in [-0.2, -0.15) is 0 Å². The molecule has 1 atom stereocenters. The van der Waals surface area contributed by atoms with Gasteiger partial charge in [0.1, 0.15) is 5.82 Å². The van der Waals surface area contributed by atoms with E-state index in [1.165, 1.54) is 6.07 Å². The monoisotopic (exact) mass is 328 g/mol. The van der Waals surface area contributed by atoms with E-state index in [2.05, 4.69) is 21.2 Å². The van der Waals surface area contributed by atoms with Gasteiger partial charge in [-0.1, -0.05) is 13.0 Å². The Morgan fingerprint density at radius 3 is 3.00 bits per heavy atom. The summed E-state index contributed by atoms with van der Waals surface area (Å²) >= 11 is 3.17. The molecule has 3 nitrogen and oxygen atoms in total. The summed E-state index contributed by atoms with van der Waals surface area (Å²) in [5, 5.41) is 3.26. The van der Waals surface area contributed by atoms with Crippen molar-refractivity contribution in [3.05, 3.63) is 34.1 Å². The number of hydrogen-bond donors (Lipinski definition) is 1. The first-order valence-electron chi connectivity index (χ1n) is 6.60. The summed E-state index contributed by atoms with van der Waals surface area (Å²) in [7, 11) is 0. The third-order valence-corrected chi connectivity index (χ3v) is 4.19. The number of benzene rings is 1. The maximum atomic E-state index is 13.5. The minimum atomic E-state index is -0.396. The lowest BCUT2D eigenvalue weighted by Gasteiger charge is -2.28. The van der Waals surface area contributed by atoms with Crippen molar-refractivity contribution in [1.29, 1.82) is 0 Å². The fraction of sp³-hybridized carbons (Fsp3) is 0.500. The molecular weight excluding hydrogens is 311 g/mol. The van der Waals surface area contributed by atoms with Gasteiger partial charge in [0.15, 0.2) is 0 Å². The molecule has 0 radical (unpaired) electrons. The highest BCUT2D eigenvalue weighted by atomic mass is 79.9. The molecule has 1 saturated heterocycles. The lowest BCUT2D eigenvalue weighted by molar-refractivity contribution is 0.0690. The van der Waals surface area contributed by atoms with Gasteiger partial charge < -0.3 is 10.2 Å². The predicted octanol–water partition coefficient (Wildman–Crippen LogP) is 2.80. The largest absolute Gasteiger partial charge is 0.334 e. The average Bonchev–Trinajstić information content (AvgIpc) is 2.92. The van der Waals surface area contributed by atoms with Crippen molar-refractivity contribution >= 4 is 21.8 Å². The van der Waals surface area contributed by atoms with Crippen LogP contribution in [-0.2, 0) is 0 Å². The topological polar surface area (TPSA) is 32.3 Å². The molecule has 1 aromatic rings. The summed E-state index contributed by atoms with van der Waals surface area (Å²) in [6, 6.07) is 4.80. The predicted molar refractivity (Wildman–Crippen MR) is 76.7 cm³/mol. The highest BCUT2D eigenvalue weighted by Crippen LogP contribution is 2.23. The SMILES string of the molecule is CCCN(C(=O)c1cccc(F)c1Br)C1CCNC1. The minimum absolute atomic E-state index is 0.0954. The van der Waals surface area contributed by atoms with E-state index >= 15 is 0 Å². The van der Waals surface area contributed by atoms with Gasteiger partial charge in [-0.05, 0) is 47.4 Å². The van der Waals surface area contributed by atoms with Gasteiger partial charge in [-0.15, -0.1) is 0 Å². The molecule has 104 valence electrons. The molecule has 0 spiro atoms. The van der Waals surface area contributed by atoms with Crippen LogP contribution in [0.5, 0.6) is 0 Å². The van der Waals surface area contributed by atoms with Gasteiger partial charge >= 0.3 is 0 Å². The van der Waals surface area contributed by atoms with Crippen LogP contribution in [0.4, 0.5) is 4.39 Å². The average molecular weight is 329 g/mol. The quantitative estimate of drug-likeness (QED) is 0.921. The smallest absolute Gasteiger partial charge is 0.255 e. The molecule has 1 aliphatic heterocycles. The van der Waals surface area contributed by atoms with Gasteiger partial charge in [0, 0.05) is 19.1 Å². The molecule has 19 heavy (non-hydrogen) atoms. The zero-order chi connectivity index (χ0) is 13.8. The van der Waals surface area contributed by atoms with Crippen LogP contribution in [0.25, 0.3) is 0 Å². The van der Waals surface area contributed by atoms with Crippen LogP contribution in [-0.4, -0.2) is 36.5 Å². The van der Waals surface area contributed by atoms with E-state index in [1.54, 1.807) is 12.1 Å². The Labute approximate surface area is 121 Å². The zero-order valence-corrected chi connectivity index (χ0v) is 12.5. The molecule has 0 saturated carbocycles. The van der Waals surface area contributed by atoms with Crippen molar-refractivity contribution in [1.82, 2.24) is 10.2 Å². The number of carbonyl (C=O) groups is 1. The van der Waals surface area contributed by atoms with Gasteiger partial charge in [-0.25, -0.2) is 4.39 Å². The molecule has 5 heteroatoms. The number of carbonyl (C=O) groups excluding carboxylic acids is 1. The van der Waals surface area contributed by atoms with Crippen molar-refractivity contribution in [3.8, 4) is 0 Å². The summed E-state index contributed by atoms with van der Waals surface area (Å²) in [5.74, 6) is -0.492. The first kappa shape index (κ1) is 14.5. The minimum Gasteiger partial charge on any atom is -0.334 e. The molecule has 0 bridgehead atoms. The van der Waals surface area contributed by atoms with Crippen LogP contribution < -0.4 is 5.32 Å². The summed E-state index contributed by atoms with van der Waals surface area (Å²) in [6.07, 6.45) is 1.86. The van der Waals surface area contributed by atoms with Crippen LogP contribution in [0.1, 0.15) is 30.1 Å². The Balaban J connectivity index is 2.25. The van der Waals surface area contributed by atoms with E-state index in [9.17, 15) is 9.18 Å².